The van der Waals surface area contributed by atoms with E-state index in [1.807, 2.05) is 37.3 Å². The second-order valence-corrected chi connectivity index (χ2v) is 7.15. The topological polar surface area (TPSA) is 89.3 Å². The summed E-state index contributed by atoms with van der Waals surface area (Å²) in [6.45, 7) is 2.42. The molecule has 2 aromatic carbocycles. The lowest BCUT2D eigenvalue weighted by atomic mass is 10.0. The van der Waals surface area contributed by atoms with Crippen LogP contribution in [0.2, 0.25) is 5.02 Å². The molecule has 0 unspecified atom stereocenters. The molecule has 23 heavy (non-hydrogen) atoms. The third kappa shape index (κ3) is 4.54. The molecule has 0 saturated heterocycles. The van der Waals surface area contributed by atoms with Crippen molar-refractivity contribution in [1.82, 2.24) is 5.32 Å². The number of halogens is 1. The van der Waals surface area contributed by atoms with Crippen LogP contribution in [-0.2, 0) is 10.0 Å². The number of carbonyl (C=O) groups excluding carboxylic acids is 1. The number of carbonyl (C=O) groups is 1. The SMILES string of the molecule is C[C@H](CNC(=O)c1ccc(Cl)c(S(N)(=O)=O)c1)c1ccccc1. The Balaban J connectivity index is 2.10. The lowest BCUT2D eigenvalue weighted by Crippen LogP contribution is -2.27. The summed E-state index contributed by atoms with van der Waals surface area (Å²) in [6, 6.07) is 13.8. The number of primary sulfonamides is 1. The Bertz CT molecular complexity index is 807. The maximum Gasteiger partial charge on any atom is 0.251 e. The fourth-order valence-corrected chi connectivity index (χ4v) is 3.18. The summed E-state index contributed by atoms with van der Waals surface area (Å²) in [5.74, 6) is -0.250. The first kappa shape index (κ1) is 17.5. The molecular formula is C16H17ClN2O3S. The first-order valence-corrected chi connectivity index (χ1v) is 8.87. The van der Waals surface area contributed by atoms with Crippen molar-refractivity contribution in [3.05, 3.63) is 64.7 Å². The van der Waals surface area contributed by atoms with Gasteiger partial charge in [-0.1, -0.05) is 48.9 Å². The van der Waals surface area contributed by atoms with Crippen molar-refractivity contribution in [1.29, 1.82) is 0 Å². The summed E-state index contributed by atoms with van der Waals surface area (Å²) in [6.07, 6.45) is 0. The summed E-state index contributed by atoms with van der Waals surface area (Å²) in [7, 11) is -3.98. The summed E-state index contributed by atoms with van der Waals surface area (Å²) < 4.78 is 22.9. The summed E-state index contributed by atoms with van der Waals surface area (Å²) in [5, 5.41) is 7.85. The molecule has 0 aromatic heterocycles. The zero-order valence-electron chi connectivity index (χ0n) is 12.5. The van der Waals surface area contributed by atoms with Gasteiger partial charge in [0.15, 0.2) is 0 Å². The highest BCUT2D eigenvalue weighted by atomic mass is 35.5. The number of hydrogen-bond donors (Lipinski definition) is 2. The molecule has 0 bridgehead atoms. The van der Waals surface area contributed by atoms with Crippen LogP contribution in [0.5, 0.6) is 0 Å². The smallest absolute Gasteiger partial charge is 0.251 e. The van der Waals surface area contributed by atoms with Crippen molar-refractivity contribution in [2.45, 2.75) is 17.7 Å². The average molecular weight is 353 g/mol. The Labute approximate surface area is 140 Å². The van der Waals surface area contributed by atoms with Gasteiger partial charge in [-0.3, -0.25) is 4.79 Å². The number of rotatable bonds is 5. The fourth-order valence-electron chi connectivity index (χ4n) is 2.11. The molecule has 0 radical (unpaired) electrons. The van der Waals surface area contributed by atoms with Gasteiger partial charge in [-0.15, -0.1) is 0 Å². The predicted octanol–water partition coefficient (Wildman–Crippen LogP) is 2.52. The molecule has 1 amide bonds. The van der Waals surface area contributed by atoms with Gasteiger partial charge >= 0.3 is 0 Å². The molecule has 122 valence electrons. The van der Waals surface area contributed by atoms with Gasteiger partial charge in [0.25, 0.3) is 5.91 Å². The minimum atomic E-state index is -3.98. The largest absolute Gasteiger partial charge is 0.351 e. The van der Waals surface area contributed by atoms with Crippen molar-refractivity contribution in [3.8, 4) is 0 Å². The van der Waals surface area contributed by atoms with E-state index < -0.39 is 10.0 Å². The van der Waals surface area contributed by atoms with Crippen molar-refractivity contribution < 1.29 is 13.2 Å². The van der Waals surface area contributed by atoms with Gasteiger partial charge < -0.3 is 5.32 Å². The van der Waals surface area contributed by atoms with E-state index in [4.69, 9.17) is 16.7 Å². The van der Waals surface area contributed by atoms with Gasteiger partial charge in [0.05, 0.1) is 5.02 Å². The summed E-state index contributed by atoms with van der Waals surface area (Å²) in [5.41, 5.74) is 1.30. The molecule has 5 nitrogen and oxygen atoms in total. The van der Waals surface area contributed by atoms with E-state index in [0.717, 1.165) is 5.56 Å². The third-order valence-electron chi connectivity index (χ3n) is 3.44. The molecule has 0 aliphatic heterocycles. The monoisotopic (exact) mass is 352 g/mol. The summed E-state index contributed by atoms with van der Waals surface area (Å²) in [4.78, 5) is 11.9. The number of amides is 1. The fraction of sp³-hybridized carbons (Fsp3) is 0.188. The number of hydrogen-bond acceptors (Lipinski definition) is 3. The Morgan fingerprint density at radius 3 is 2.48 bits per heavy atom. The molecule has 0 aliphatic carbocycles. The molecule has 0 saturated carbocycles. The van der Waals surface area contributed by atoms with Crippen LogP contribution in [0.4, 0.5) is 0 Å². The second kappa shape index (κ2) is 7.12. The highest BCUT2D eigenvalue weighted by Crippen LogP contribution is 2.21. The van der Waals surface area contributed by atoms with Gasteiger partial charge in [-0.2, -0.15) is 0 Å². The van der Waals surface area contributed by atoms with Gasteiger partial charge in [-0.05, 0) is 29.7 Å². The van der Waals surface area contributed by atoms with Crippen LogP contribution in [0.1, 0.15) is 28.8 Å². The Morgan fingerprint density at radius 2 is 1.87 bits per heavy atom. The standard InChI is InChI=1S/C16H17ClN2O3S/c1-11(12-5-3-2-4-6-12)10-19-16(20)13-7-8-14(17)15(9-13)23(18,21)22/h2-9,11H,10H2,1H3,(H,19,20)(H2,18,21,22)/t11-/m1/s1. The van der Waals surface area contributed by atoms with Crippen LogP contribution in [-0.4, -0.2) is 20.9 Å². The van der Waals surface area contributed by atoms with E-state index in [0.29, 0.717) is 6.54 Å². The maximum atomic E-state index is 12.2. The Kier molecular flexibility index (Phi) is 5.41. The third-order valence-corrected chi connectivity index (χ3v) is 4.83. The number of nitrogens with one attached hydrogen (secondary N) is 1. The van der Waals surface area contributed by atoms with Gasteiger partial charge in [0.1, 0.15) is 4.90 Å². The molecule has 2 aromatic rings. The normalized spacial score (nSPS) is 12.7. The molecule has 0 spiro atoms. The van der Waals surface area contributed by atoms with Crippen LogP contribution >= 0.6 is 11.6 Å². The minimum absolute atomic E-state index is 0.0123. The first-order chi connectivity index (χ1) is 10.8. The van der Waals surface area contributed by atoms with Crippen molar-refractivity contribution in [2.75, 3.05) is 6.54 Å². The van der Waals surface area contributed by atoms with Crippen LogP contribution in [0.3, 0.4) is 0 Å². The molecule has 0 fully saturated rings. The summed E-state index contributed by atoms with van der Waals surface area (Å²) >= 11 is 5.80. The lowest BCUT2D eigenvalue weighted by molar-refractivity contribution is 0.0951. The van der Waals surface area contributed by atoms with E-state index in [-0.39, 0.29) is 27.3 Å². The number of sulfonamides is 1. The lowest BCUT2D eigenvalue weighted by Gasteiger charge is -2.13. The highest BCUT2D eigenvalue weighted by Gasteiger charge is 2.16. The predicted molar refractivity (Wildman–Crippen MR) is 90.0 cm³/mol. The minimum Gasteiger partial charge on any atom is -0.351 e. The zero-order valence-corrected chi connectivity index (χ0v) is 14.1. The highest BCUT2D eigenvalue weighted by molar-refractivity contribution is 7.89. The van der Waals surface area contributed by atoms with Gasteiger partial charge in [-0.25, -0.2) is 13.6 Å². The van der Waals surface area contributed by atoms with Crippen molar-refractivity contribution in [3.63, 3.8) is 0 Å². The van der Waals surface area contributed by atoms with Crippen LogP contribution in [0.25, 0.3) is 0 Å². The first-order valence-electron chi connectivity index (χ1n) is 6.94. The quantitative estimate of drug-likeness (QED) is 0.866. The van der Waals surface area contributed by atoms with Gasteiger partial charge in [0.2, 0.25) is 10.0 Å². The van der Waals surface area contributed by atoms with E-state index in [1.165, 1.54) is 18.2 Å². The van der Waals surface area contributed by atoms with E-state index in [9.17, 15) is 13.2 Å². The Hall–Kier alpha value is -1.89. The maximum absolute atomic E-state index is 12.2. The molecular weight excluding hydrogens is 336 g/mol. The van der Waals surface area contributed by atoms with Gasteiger partial charge in [0, 0.05) is 12.1 Å². The number of benzene rings is 2. The number of nitrogens with two attached hydrogens (primary N) is 1. The molecule has 7 heteroatoms. The van der Waals surface area contributed by atoms with Crippen molar-refractivity contribution >= 4 is 27.5 Å². The van der Waals surface area contributed by atoms with Crippen LogP contribution < -0.4 is 10.5 Å². The molecule has 2 rings (SSSR count). The van der Waals surface area contributed by atoms with E-state index in [2.05, 4.69) is 5.32 Å². The van der Waals surface area contributed by atoms with Crippen LogP contribution in [0, 0.1) is 0 Å². The van der Waals surface area contributed by atoms with Crippen molar-refractivity contribution in [2.24, 2.45) is 5.14 Å². The average Bonchev–Trinajstić information content (AvgIpc) is 2.52. The van der Waals surface area contributed by atoms with E-state index >= 15 is 0 Å². The van der Waals surface area contributed by atoms with E-state index in [1.54, 1.807) is 0 Å². The molecule has 0 heterocycles. The molecule has 3 N–H and O–H groups in total. The Morgan fingerprint density at radius 1 is 1.22 bits per heavy atom. The zero-order chi connectivity index (χ0) is 17.0. The molecule has 0 aliphatic rings. The van der Waals surface area contributed by atoms with Crippen LogP contribution in [0.15, 0.2) is 53.4 Å². The molecule has 1 atom stereocenters. The second-order valence-electron chi connectivity index (χ2n) is 5.21.